The van der Waals surface area contributed by atoms with Crippen LogP contribution in [0.2, 0.25) is 0 Å². The molecule has 0 atom stereocenters. The molecule has 25 heavy (non-hydrogen) atoms. The van der Waals surface area contributed by atoms with Crippen LogP contribution in [0.1, 0.15) is 22.3 Å². The standard InChI is InChI=1S/C17H16FN3O4/c1-11-4-2-3-5-13(11)17(23)19-9-8-16(22)20-12-6-7-14(18)15(10-12)21(24)25/h2-7,10H,8-9H2,1H3,(H,19,23)(H,20,22). The Hall–Kier alpha value is -3.29. The van der Waals surface area contributed by atoms with Crippen molar-refractivity contribution in [2.45, 2.75) is 13.3 Å². The van der Waals surface area contributed by atoms with Gasteiger partial charge >= 0.3 is 5.69 Å². The molecule has 0 aliphatic heterocycles. The molecule has 2 amide bonds. The summed E-state index contributed by atoms with van der Waals surface area (Å²) in [6.07, 6.45) is -0.0250. The average molecular weight is 345 g/mol. The molecule has 7 nitrogen and oxygen atoms in total. The van der Waals surface area contributed by atoms with Gasteiger partial charge in [0.2, 0.25) is 11.7 Å². The molecule has 2 aromatic rings. The quantitative estimate of drug-likeness (QED) is 0.621. The van der Waals surface area contributed by atoms with Crippen molar-refractivity contribution in [3.05, 3.63) is 69.5 Å². The van der Waals surface area contributed by atoms with Gasteiger partial charge in [-0.15, -0.1) is 0 Å². The number of nitrogens with one attached hydrogen (secondary N) is 2. The molecular weight excluding hydrogens is 329 g/mol. The molecule has 0 saturated carbocycles. The lowest BCUT2D eigenvalue weighted by Gasteiger charge is -2.08. The third-order valence-corrected chi connectivity index (χ3v) is 3.45. The first-order chi connectivity index (χ1) is 11.9. The SMILES string of the molecule is Cc1ccccc1C(=O)NCCC(=O)Nc1ccc(F)c([N+](=O)[O-])c1. The Labute approximate surface area is 143 Å². The van der Waals surface area contributed by atoms with Gasteiger partial charge in [-0.1, -0.05) is 18.2 Å². The highest BCUT2D eigenvalue weighted by atomic mass is 19.1. The maximum Gasteiger partial charge on any atom is 0.306 e. The molecule has 0 bridgehead atoms. The van der Waals surface area contributed by atoms with Crippen LogP contribution in [-0.2, 0) is 4.79 Å². The van der Waals surface area contributed by atoms with Crippen LogP contribution in [0.15, 0.2) is 42.5 Å². The topological polar surface area (TPSA) is 101 Å². The Morgan fingerprint density at radius 3 is 2.60 bits per heavy atom. The molecule has 8 heteroatoms. The number of nitrogens with zero attached hydrogens (tertiary/aromatic N) is 1. The fourth-order valence-electron chi connectivity index (χ4n) is 2.17. The van der Waals surface area contributed by atoms with Crippen LogP contribution in [0.3, 0.4) is 0 Å². The van der Waals surface area contributed by atoms with Crippen molar-refractivity contribution in [3.8, 4) is 0 Å². The van der Waals surface area contributed by atoms with Gasteiger partial charge in [-0.3, -0.25) is 19.7 Å². The molecule has 0 saturated heterocycles. The molecule has 0 aromatic heterocycles. The lowest BCUT2D eigenvalue weighted by atomic mass is 10.1. The normalized spacial score (nSPS) is 10.2. The Bertz CT molecular complexity index is 823. The number of carbonyl (C=O) groups excluding carboxylic acids is 2. The number of nitro benzene ring substituents is 1. The maximum absolute atomic E-state index is 13.2. The second kappa shape index (κ2) is 8.00. The Morgan fingerprint density at radius 1 is 1.20 bits per heavy atom. The van der Waals surface area contributed by atoms with Crippen molar-refractivity contribution < 1.29 is 18.9 Å². The minimum atomic E-state index is -0.978. The molecule has 0 radical (unpaired) electrons. The summed E-state index contributed by atoms with van der Waals surface area (Å²) in [5.74, 6) is -1.72. The van der Waals surface area contributed by atoms with E-state index in [1.165, 1.54) is 6.07 Å². The van der Waals surface area contributed by atoms with E-state index in [9.17, 15) is 24.1 Å². The van der Waals surface area contributed by atoms with Gasteiger partial charge in [-0.05, 0) is 30.7 Å². The molecule has 2 rings (SSSR count). The molecule has 2 N–H and O–H groups in total. The summed E-state index contributed by atoms with van der Waals surface area (Å²) in [7, 11) is 0. The van der Waals surface area contributed by atoms with Crippen LogP contribution in [0, 0.1) is 22.9 Å². The molecule has 130 valence electrons. The van der Waals surface area contributed by atoms with Crippen LogP contribution in [0.25, 0.3) is 0 Å². The number of aryl methyl sites for hydroxylation is 1. The van der Waals surface area contributed by atoms with Crippen LogP contribution in [0.4, 0.5) is 15.8 Å². The third-order valence-electron chi connectivity index (χ3n) is 3.45. The molecular formula is C17H16FN3O4. The maximum atomic E-state index is 13.2. The van der Waals surface area contributed by atoms with Gasteiger partial charge in [0.1, 0.15) is 0 Å². The lowest BCUT2D eigenvalue weighted by Crippen LogP contribution is -2.28. The smallest absolute Gasteiger partial charge is 0.306 e. The number of rotatable bonds is 6. The summed E-state index contributed by atoms with van der Waals surface area (Å²) in [5.41, 5.74) is 0.745. The fraction of sp³-hybridized carbons (Fsp3) is 0.176. The summed E-state index contributed by atoms with van der Waals surface area (Å²) < 4.78 is 13.2. The fourth-order valence-corrected chi connectivity index (χ4v) is 2.17. The summed E-state index contributed by atoms with van der Waals surface area (Å²) in [4.78, 5) is 33.6. The number of amides is 2. The van der Waals surface area contributed by atoms with E-state index in [4.69, 9.17) is 0 Å². The minimum Gasteiger partial charge on any atom is -0.352 e. The first-order valence-corrected chi connectivity index (χ1v) is 7.46. The molecule has 0 heterocycles. The number of hydrogen-bond acceptors (Lipinski definition) is 4. The number of benzene rings is 2. The van der Waals surface area contributed by atoms with Gasteiger partial charge in [0.05, 0.1) is 4.92 Å². The van der Waals surface area contributed by atoms with Crippen LogP contribution < -0.4 is 10.6 Å². The lowest BCUT2D eigenvalue weighted by molar-refractivity contribution is -0.387. The number of nitro groups is 1. The van der Waals surface area contributed by atoms with Gasteiger partial charge < -0.3 is 10.6 Å². The first-order valence-electron chi connectivity index (χ1n) is 7.46. The third kappa shape index (κ3) is 4.84. The zero-order valence-corrected chi connectivity index (χ0v) is 13.4. The number of halogens is 1. The second-order valence-corrected chi connectivity index (χ2v) is 5.29. The summed E-state index contributed by atoms with van der Waals surface area (Å²) >= 11 is 0. The molecule has 0 fully saturated rings. The largest absolute Gasteiger partial charge is 0.352 e. The molecule has 2 aromatic carbocycles. The van der Waals surface area contributed by atoms with Gasteiger partial charge in [-0.2, -0.15) is 4.39 Å². The van der Waals surface area contributed by atoms with Crippen molar-refractivity contribution >= 4 is 23.2 Å². The van der Waals surface area contributed by atoms with Crippen molar-refractivity contribution in [2.75, 3.05) is 11.9 Å². The molecule has 0 spiro atoms. The predicted molar refractivity (Wildman–Crippen MR) is 89.8 cm³/mol. The molecule has 0 unspecified atom stereocenters. The van der Waals surface area contributed by atoms with E-state index in [1.54, 1.807) is 12.1 Å². The highest BCUT2D eigenvalue weighted by molar-refractivity contribution is 5.96. The van der Waals surface area contributed by atoms with E-state index < -0.39 is 22.3 Å². The summed E-state index contributed by atoms with van der Waals surface area (Å²) in [5, 5.41) is 15.7. The molecule has 0 aliphatic carbocycles. The highest BCUT2D eigenvalue weighted by Gasteiger charge is 2.15. The van der Waals surface area contributed by atoms with Gasteiger partial charge in [-0.25, -0.2) is 0 Å². The van der Waals surface area contributed by atoms with Crippen molar-refractivity contribution in [3.63, 3.8) is 0 Å². The summed E-state index contributed by atoms with van der Waals surface area (Å²) in [6, 6.07) is 10.1. The van der Waals surface area contributed by atoms with Crippen LogP contribution in [0.5, 0.6) is 0 Å². The van der Waals surface area contributed by atoms with Gasteiger partial charge in [0, 0.05) is 30.3 Å². The number of carbonyl (C=O) groups is 2. The van der Waals surface area contributed by atoms with Crippen molar-refractivity contribution in [2.24, 2.45) is 0 Å². The first kappa shape index (κ1) is 18.1. The Morgan fingerprint density at radius 2 is 1.92 bits per heavy atom. The minimum absolute atomic E-state index is 0.0250. The van der Waals surface area contributed by atoms with E-state index >= 15 is 0 Å². The highest BCUT2D eigenvalue weighted by Crippen LogP contribution is 2.21. The van der Waals surface area contributed by atoms with Crippen LogP contribution in [-0.4, -0.2) is 23.3 Å². The van der Waals surface area contributed by atoms with Crippen molar-refractivity contribution in [1.82, 2.24) is 5.32 Å². The summed E-state index contributed by atoms with van der Waals surface area (Å²) in [6.45, 7) is 1.91. The Balaban J connectivity index is 1.87. The number of hydrogen-bond donors (Lipinski definition) is 2. The van der Waals surface area contributed by atoms with Crippen molar-refractivity contribution in [1.29, 1.82) is 0 Å². The Kier molecular flexibility index (Phi) is 5.78. The van der Waals surface area contributed by atoms with Gasteiger partial charge in [0.25, 0.3) is 5.91 Å². The van der Waals surface area contributed by atoms with E-state index in [2.05, 4.69) is 10.6 Å². The zero-order chi connectivity index (χ0) is 18.4. The van der Waals surface area contributed by atoms with E-state index in [1.807, 2.05) is 19.1 Å². The number of anilines is 1. The van der Waals surface area contributed by atoms with E-state index in [0.717, 1.165) is 17.7 Å². The average Bonchev–Trinajstić information content (AvgIpc) is 2.56. The van der Waals surface area contributed by atoms with Crippen LogP contribution >= 0.6 is 0 Å². The zero-order valence-electron chi connectivity index (χ0n) is 13.4. The van der Waals surface area contributed by atoms with E-state index in [0.29, 0.717) is 5.56 Å². The van der Waals surface area contributed by atoms with E-state index in [-0.39, 0.29) is 24.6 Å². The molecule has 0 aliphatic rings. The predicted octanol–water partition coefficient (Wildman–Crippen LogP) is 2.80. The second-order valence-electron chi connectivity index (χ2n) is 5.29. The van der Waals surface area contributed by atoms with Gasteiger partial charge in [0.15, 0.2) is 0 Å². The monoisotopic (exact) mass is 345 g/mol.